The molecule has 2 N–H and O–H groups in total. The minimum Gasteiger partial charge on any atom is -0.493 e. The zero-order valence-corrected chi connectivity index (χ0v) is 16.9. The largest absolute Gasteiger partial charge is 0.493 e. The molecule has 1 aromatic heterocycles. The number of carbonyl (C=O) groups is 1. The first-order valence-corrected chi connectivity index (χ1v) is 9.89. The van der Waals surface area contributed by atoms with E-state index in [4.69, 9.17) is 14.9 Å². The molecule has 0 radical (unpaired) electrons. The van der Waals surface area contributed by atoms with E-state index in [0.29, 0.717) is 6.61 Å². The highest BCUT2D eigenvalue weighted by atomic mass is 16.5. The molecule has 2 aromatic carbocycles. The minimum absolute atomic E-state index is 0.0362. The van der Waals surface area contributed by atoms with Gasteiger partial charge in [0.15, 0.2) is 5.78 Å². The maximum atomic E-state index is 13.4. The highest BCUT2D eigenvalue weighted by molar-refractivity contribution is 6.20. The van der Waals surface area contributed by atoms with Crippen molar-refractivity contribution in [2.75, 3.05) is 19.8 Å². The zero-order valence-electron chi connectivity index (χ0n) is 16.9. The number of aromatic nitrogens is 1. The molecule has 3 aromatic rings. The molecule has 0 amide bonds. The summed E-state index contributed by atoms with van der Waals surface area (Å²) in [4.78, 5) is 16.9. The van der Waals surface area contributed by atoms with Gasteiger partial charge in [0.1, 0.15) is 5.75 Å². The average molecular weight is 388 g/mol. The maximum Gasteiger partial charge on any atom is 0.195 e. The van der Waals surface area contributed by atoms with Crippen LogP contribution in [0.3, 0.4) is 0 Å². The van der Waals surface area contributed by atoms with Crippen LogP contribution in [0.1, 0.15) is 53.5 Å². The summed E-state index contributed by atoms with van der Waals surface area (Å²) >= 11 is 0. The first-order chi connectivity index (χ1) is 13.8. The summed E-state index contributed by atoms with van der Waals surface area (Å²) in [6.45, 7) is 8.46. The van der Waals surface area contributed by atoms with Crippen molar-refractivity contribution in [3.63, 3.8) is 0 Å². The Morgan fingerprint density at radius 2 is 1.97 bits per heavy atom. The van der Waals surface area contributed by atoms with Crippen molar-refractivity contribution in [3.05, 3.63) is 64.3 Å². The van der Waals surface area contributed by atoms with Crippen LogP contribution in [-0.2, 0) is 10.2 Å². The van der Waals surface area contributed by atoms with Gasteiger partial charge in [0, 0.05) is 39.2 Å². The molecular formula is C24H24N2O3. The number of nitrogens with one attached hydrogen (secondary N) is 2. The van der Waals surface area contributed by atoms with Crippen LogP contribution in [0.25, 0.3) is 10.9 Å². The Morgan fingerprint density at radius 3 is 2.66 bits per heavy atom. The molecule has 0 saturated carbocycles. The molecule has 1 saturated heterocycles. The third kappa shape index (κ3) is 2.64. The maximum absolute atomic E-state index is 13.4. The summed E-state index contributed by atoms with van der Waals surface area (Å²) in [5.74, 6) is 0.817. The van der Waals surface area contributed by atoms with Crippen LogP contribution < -0.4 is 4.74 Å². The predicted octanol–water partition coefficient (Wildman–Crippen LogP) is 4.45. The van der Waals surface area contributed by atoms with E-state index in [2.05, 4.69) is 25.8 Å². The van der Waals surface area contributed by atoms with Gasteiger partial charge in [0.25, 0.3) is 0 Å². The van der Waals surface area contributed by atoms with Gasteiger partial charge in [-0.05, 0) is 35.4 Å². The van der Waals surface area contributed by atoms with Gasteiger partial charge >= 0.3 is 0 Å². The lowest BCUT2D eigenvalue weighted by atomic mass is 9.71. The number of benzene rings is 2. The Kier molecular flexibility index (Phi) is 3.77. The summed E-state index contributed by atoms with van der Waals surface area (Å²) in [7, 11) is 0. The molecule has 2 aliphatic rings. The Bertz CT molecular complexity index is 1170. The molecule has 5 nitrogen and oxygen atoms in total. The molecule has 1 aliphatic carbocycles. The lowest BCUT2D eigenvalue weighted by Gasteiger charge is -2.37. The molecule has 0 bridgehead atoms. The summed E-state index contributed by atoms with van der Waals surface area (Å²) in [5, 5.41) is 8.41. The summed E-state index contributed by atoms with van der Waals surface area (Å²) in [6, 6.07) is 11.5. The van der Waals surface area contributed by atoms with Gasteiger partial charge in [-0.2, -0.15) is 0 Å². The van der Waals surface area contributed by atoms with E-state index in [1.54, 1.807) is 0 Å². The fraction of sp³-hybridized carbons (Fsp3) is 0.333. The Balaban J connectivity index is 1.58. The van der Waals surface area contributed by atoms with E-state index in [1.165, 1.54) is 6.21 Å². The van der Waals surface area contributed by atoms with Crippen molar-refractivity contribution in [1.82, 2.24) is 4.98 Å². The summed E-state index contributed by atoms with van der Waals surface area (Å²) < 4.78 is 11.4. The number of rotatable bonds is 4. The second-order valence-corrected chi connectivity index (χ2v) is 9.08. The first kappa shape index (κ1) is 18.1. The lowest BCUT2D eigenvalue weighted by Crippen LogP contribution is -2.44. The van der Waals surface area contributed by atoms with E-state index in [0.717, 1.165) is 57.8 Å². The van der Waals surface area contributed by atoms with Gasteiger partial charge < -0.3 is 19.9 Å². The Hall–Kier alpha value is -2.92. The van der Waals surface area contributed by atoms with Crippen LogP contribution in [-0.4, -0.2) is 36.8 Å². The summed E-state index contributed by atoms with van der Waals surface area (Å²) in [6.07, 6.45) is 1.32. The van der Waals surface area contributed by atoms with Crippen LogP contribution in [0, 0.1) is 10.8 Å². The van der Waals surface area contributed by atoms with E-state index in [9.17, 15) is 4.79 Å². The van der Waals surface area contributed by atoms with Gasteiger partial charge in [0.05, 0.1) is 25.4 Å². The van der Waals surface area contributed by atoms with Crippen LogP contribution in [0.15, 0.2) is 36.4 Å². The lowest BCUT2D eigenvalue weighted by molar-refractivity contribution is -0.120. The number of H-pyrrole nitrogens is 1. The smallest absolute Gasteiger partial charge is 0.195 e. The normalized spacial score (nSPS) is 18.7. The molecule has 148 valence electrons. The van der Waals surface area contributed by atoms with Crippen LogP contribution in [0.2, 0.25) is 0 Å². The van der Waals surface area contributed by atoms with Gasteiger partial charge in [-0.1, -0.05) is 32.9 Å². The predicted molar refractivity (Wildman–Crippen MR) is 113 cm³/mol. The molecule has 0 atom stereocenters. The highest BCUT2D eigenvalue weighted by Crippen LogP contribution is 2.44. The van der Waals surface area contributed by atoms with E-state index in [-0.39, 0.29) is 16.6 Å². The second kappa shape index (κ2) is 6.04. The Labute approximate surface area is 169 Å². The van der Waals surface area contributed by atoms with Crippen LogP contribution in [0.4, 0.5) is 0 Å². The van der Waals surface area contributed by atoms with Gasteiger partial charge in [0.2, 0.25) is 0 Å². The molecule has 0 unspecified atom stereocenters. The summed E-state index contributed by atoms with van der Waals surface area (Å²) in [5.41, 5.74) is 4.75. The average Bonchev–Trinajstić information content (AvgIpc) is 3.09. The topological polar surface area (TPSA) is 75.2 Å². The van der Waals surface area contributed by atoms with Gasteiger partial charge in [-0.3, -0.25) is 4.79 Å². The molecule has 2 heterocycles. The molecule has 29 heavy (non-hydrogen) atoms. The van der Waals surface area contributed by atoms with Crippen LogP contribution >= 0.6 is 0 Å². The van der Waals surface area contributed by atoms with E-state index in [1.807, 2.05) is 36.4 Å². The third-order valence-electron chi connectivity index (χ3n) is 6.24. The van der Waals surface area contributed by atoms with E-state index >= 15 is 0 Å². The minimum atomic E-state index is -0.370. The zero-order chi connectivity index (χ0) is 20.4. The molecule has 5 rings (SSSR count). The van der Waals surface area contributed by atoms with Crippen molar-refractivity contribution >= 4 is 22.9 Å². The van der Waals surface area contributed by atoms with Crippen molar-refractivity contribution in [2.24, 2.45) is 5.41 Å². The van der Waals surface area contributed by atoms with Crippen molar-refractivity contribution < 1.29 is 14.3 Å². The first-order valence-electron chi connectivity index (χ1n) is 9.89. The van der Waals surface area contributed by atoms with Gasteiger partial charge in [-0.15, -0.1) is 0 Å². The van der Waals surface area contributed by atoms with Gasteiger partial charge in [-0.25, -0.2) is 0 Å². The number of hydrogen-bond donors (Lipinski definition) is 2. The van der Waals surface area contributed by atoms with Crippen molar-refractivity contribution in [2.45, 2.75) is 26.2 Å². The third-order valence-corrected chi connectivity index (χ3v) is 6.24. The fourth-order valence-corrected chi connectivity index (χ4v) is 4.40. The molecule has 1 fully saturated rings. The molecule has 1 aliphatic heterocycles. The Morgan fingerprint density at radius 1 is 1.17 bits per heavy atom. The highest BCUT2D eigenvalue weighted by Gasteiger charge is 2.40. The number of aromatic amines is 1. The van der Waals surface area contributed by atoms with E-state index < -0.39 is 0 Å². The van der Waals surface area contributed by atoms with Crippen molar-refractivity contribution in [3.8, 4) is 5.75 Å². The fourth-order valence-electron chi connectivity index (χ4n) is 4.40. The number of fused-ring (bicyclic) bond motifs is 4. The quantitative estimate of drug-likeness (QED) is 0.649. The van der Waals surface area contributed by atoms with Crippen LogP contribution in [0.5, 0.6) is 5.75 Å². The molecular weight excluding hydrogens is 364 g/mol. The number of ether oxygens (including phenoxy) is 2. The number of hydrogen-bond acceptors (Lipinski definition) is 4. The molecule has 0 spiro atoms. The molecule has 5 heteroatoms. The SMILES string of the molecule is CC1(COc2ccc3c(c2)C(C)(C)c2[nH]c4cc(C=N)ccc4c2C3=O)COC1. The van der Waals surface area contributed by atoms with Crippen molar-refractivity contribution in [1.29, 1.82) is 5.41 Å². The monoisotopic (exact) mass is 388 g/mol. The second-order valence-electron chi connectivity index (χ2n) is 9.08. The number of ketones is 1. The standard InChI is InChI=1S/C24H24N2O3/c1-23(2)18-9-15(29-13-24(3)11-28-12-24)5-7-16(18)21(27)20-17-6-4-14(10-25)8-19(17)26-22(20)23/h4-10,25-26H,11-13H2,1-3H3. The number of carbonyl (C=O) groups excluding carboxylic acids is 1.